The highest BCUT2D eigenvalue weighted by Crippen LogP contribution is 2.15. The maximum atomic E-state index is 13.5. The quantitative estimate of drug-likeness (QED) is 0.850. The summed E-state index contributed by atoms with van der Waals surface area (Å²) in [7, 11) is 0. The number of rotatable bonds is 3. The fraction of sp³-hybridized carbons (Fsp3) is 0.500. The number of hydrogen-bond donors (Lipinski definition) is 1. The normalized spacial score (nSPS) is 16.0. The number of hydrogen-bond acceptors (Lipinski definition) is 3. The molecule has 0 saturated carbocycles. The molecule has 0 bridgehead atoms. The molecule has 5 nitrogen and oxygen atoms in total. The van der Waals surface area contributed by atoms with Crippen molar-refractivity contribution in [2.75, 3.05) is 13.1 Å². The van der Waals surface area contributed by atoms with Gasteiger partial charge < -0.3 is 10.2 Å². The van der Waals surface area contributed by atoms with Crippen molar-refractivity contribution >= 4 is 11.8 Å². The summed E-state index contributed by atoms with van der Waals surface area (Å²) in [5.41, 5.74) is 0.00328. The van der Waals surface area contributed by atoms with E-state index in [0.29, 0.717) is 32.4 Å². The monoisotopic (exact) mass is 279 g/mol. The zero-order chi connectivity index (χ0) is 14.5. The smallest absolute Gasteiger partial charge is 0.258 e. The third-order valence-electron chi connectivity index (χ3n) is 3.46. The van der Waals surface area contributed by atoms with Gasteiger partial charge in [0.25, 0.3) is 5.91 Å². The first-order chi connectivity index (χ1) is 9.61. The Balaban J connectivity index is 1.92. The van der Waals surface area contributed by atoms with E-state index in [1.165, 1.54) is 12.3 Å². The summed E-state index contributed by atoms with van der Waals surface area (Å²) in [6.07, 6.45) is 3.16. The van der Waals surface area contributed by atoms with Gasteiger partial charge in [0.05, 0.1) is 5.56 Å². The van der Waals surface area contributed by atoms with Crippen LogP contribution in [0.1, 0.15) is 36.5 Å². The minimum Gasteiger partial charge on any atom is -0.353 e. The Hall–Kier alpha value is -1.98. The second-order valence-corrected chi connectivity index (χ2v) is 4.83. The zero-order valence-corrected chi connectivity index (χ0v) is 11.4. The SMILES string of the molecule is CCC(=O)NC1CCN(C(=O)c2cccnc2F)CC1. The molecule has 1 aromatic heterocycles. The van der Waals surface area contributed by atoms with Gasteiger partial charge in [-0.05, 0) is 25.0 Å². The highest BCUT2D eigenvalue weighted by molar-refractivity contribution is 5.94. The van der Waals surface area contributed by atoms with Crippen molar-refractivity contribution in [1.82, 2.24) is 15.2 Å². The molecule has 6 heteroatoms. The summed E-state index contributed by atoms with van der Waals surface area (Å²) >= 11 is 0. The molecule has 0 radical (unpaired) electrons. The van der Waals surface area contributed by atoms with Crippen LogP contribution in [0.3, 0.4) is 0 Å². The first-order valence-corrected chi connectivity index (χ1v) is 6.81. The average molecular weight is 279 g/mol. The number of piperidine rings is 1. The van der Waals surface area contributed by atoms with Gasteiger partial charge in [0, 0.05) is 31.7 Å². The molecule has 20 heavy (non-hydrogen) atoms. The van der Waals surface area contributed by atoms with Gasteiger partial charge in [-0.15, -0.1) is 0 Å². The van der Waals surface area contributed by atoms with E-state index in [1.807, 2.05) is 0 Å². The zero-order valence-electron chi connectivity index (χ0n) is 11.4. The van der Waals surface area contributed by atoms with E-state index in [1.54, 1.807) is 17.9 Å². The van der Waals surface area contributed by atoms with Crippen LogP contribution in [0.4, 0.5) is 4.39 Å². The number of pyridine rings is 1. The standard InChI is InChI=1S/C14H18FN3O2/c1-2-12(19)17-10-5-8-18(9-6-10)14(20)11-4-3-7-16-13(11)15/h3-4,7,10H,2,5-6,8-9H2,1H3,(H,17,19). The van der Waals surface area contributed by atoms with Crippen LogP contribution in [-0.2, 0) is 4.79 Å². The van der Waals surface area contributed by atoms with Gasteiger partial charge in [-0.1, -0.05) is 6.92 Å². The molecular weight excluding hydrogens is 261 g/mol. The molecule has 0 aromatic carbocycles. The van der Waals surface area contributed by atoms with Crippen LogP contribution in [0.5, 0.6) is 0 Å². The second kappa shape index (κ2) is 6.45. The van der Waals surface area contributed by atoms with Crippen molar-refractivity contribution in [3.05, 3.63) is 29.8 Å². The van der Waals surface area contributed by atoms with Crippen LogP contribution < -0.4 is 5.32 Å². The fourth-order valence-corrected chi connectivity index (χ4v) is 2.27. The topological polar surface area (TPSA) is 62.3 Å². The largest absolute Gasteiger partial charge is 0.353 e. The number of aromatic nitrogens is 1. The highest BCUT2D eigenvalue weighted by atomic mass is 19.1. The van der Waals surface area contributed by atoms with Crippen molar-refractivity contribution in [3.63, 3.8) is 0 Å². The Morgan fingerprint density at radius 3 is 2.75 bits per heavy atom. The third-order valence-corrected chi connectivity index (χ3v) is 3.46. The molecule has 0 spiro atoms. The predicted octanol–water partition coefficient (Wildman–Crippen LogP) is 1.35. The number of carbonyl (C=O) groups is 2. The summed E-state index contributed by atoms with van der Waals surface area (Å²) in [5.74, 6) is -1.05. The third kappa shape index (κ3) is 3.31. The van der Waals surface area contributed by atoms with Gasteiger partial charge >= 0.3 is 0 Å². The van der Waals surface area contributed by atoms with Crippen LogP contribution in [0.15, 0.2) is 18.3 Å². The van der Waals surface area contributed by atoms with Crippen molar-refractivity contribution < 1.29 is 14.0 Å². The fourth-order valence-electron chi connectivity index (χ4n) is 2.27. The summed E-state index contributed by atoms with van der Waals surface area (Å²) in [4.78, 5) is 28.6. The van der Waals surface area contributed by atoms with Gasteiger partial charge in [-0.2, -0.15) is 4.39 Å². The molecule has 1 aromatic rings. The molecule has 2 amide bonds. The molecule has 1 aliphatic rings. The van der Waals surface area contributed by atoms with E-state index in [4.69, 9.17) is 0 Å². The first kappa shape index (κ1) is 14.4. The van der Waals surface area contributed by atoms with E-state index in [0.717, 1.165) is 0 Å². The van der Waals surface area contributed by atoms with Crippen molar-refractivity contribution in [1.29, 1.82) is 0 Å². The molecule has 2 rings (SSSR count). The van der Waals surface area contributed by atoms with Gasteiger partial charge in [-0.3, -0.25) is 9.59 Å². The number of amides is 2. The summed E-state index contributed by atoms with van der Waals surface area (Å²) in [6, 6.07) is 3.09. The van der Waals surface area contributed by atoms with Crippen molar-refractivity contribution in [2.24, 2.45) is 0 Å². The lowest BCUT2D eigenvalue weighted by molar-refractivity contribution is -0.121. The Kier molecular flexibility index (Phi) is 4.65. The molecule has 0 atom stereocenters. The molecule has 1 N–H and O–H groups in total. The summed E-state index contributed by atoms with van der Waals surface area (Å²) in [5, 5.41) is 2.92. The van der Waals surface area contributed by atoms with Gasteiger partial charge in [-0.25, -0.2) is 4.98 Å². The molecule has 0 unspecified atom stereocenters. The lowest BCUT2D eigenvalue weighted by Gasteiger charge is -2.32. The molecule has 2 heterocycles. The summed E-state index contributed by atoms with van der Waals surface area (Å²) in [6.45, 7) is 2.84. The number of nitrogens with zero attached hydrogens (tertiary/aromatic N) is 2. The van der Waals surface area contributed by atoms with Crippen LogP contribution in [0.2, 0.25) is 0 Å². The van der Waals surface area contributed by atoms with Crippen molar-refractivity contribution in [3.8, 4) is 0 Å². The number of carbonyl (C=O) groups excluding carboxylic acids is 2. The molecule has 0 aliphatic carbocycles. The van der Waals surface area contributed by atoms with Crippen LogP contribution in [0.25, 0.3) is 0 Å². The van der Waals surface area contributed by atoms with E-state index in [-0.39, 0.29) is 23.4 Å². The lowest BCUT2D eigenvalue weighted by atomic mass is 10.0. The van der Waals surface area contributed by atoms with Crippen LogP contribution in [-0.4, -0.2) is 40.8 Å². The Bertz CT molecular complexity index is 499. The van der Waals surface area contributed by atoms with Crippen LogP contribution in [0, 0.1) is 5.95 Å². The second-order valence-electron chi connectivity index (χ2n) is 4.83. The molecule has 1 saturated heterocycles. The van der Waals surface area contributed by atoms with E-state index in [2.05, 4.69) is 10.3 Å². The Morgan fingerprint density at radius 1 is 1.45 bits per heavy atom. The predicted molar refractivity (Wildman–Crippen MR) is 71.6 cm³/mol. The molecule has 108 valence electrons. The van der Waals surface area contributed by atoms with E-state index in [9.17, 15) is 14.0 Å². The number of halogens is 1. The molecular formula is C14H18FN3O2. The lowest BCUT2D eigenvalue weighted by Crippen LogP contribution is -2.46. The van der Waals surface area contributed by atoms with Gasteiger partial charge in [0.1, 0.15) is 0 Å². The molecule has 1 fully saturated rings. The highest BCUT2D eigenvalue weighted by Gasteiger charge is 2.25. The van der Waals surface area contributed by atoms with Gasteiger partial charge in [0.2, 0.25) is 11.9 Å². The summed E-state index contributed by atoms with van der Waals surface area (Å²) < 4.78 is 13.5. The molecule has 1 aliphatic heterocycles. The Morgan fingerprint density at radius 2 is 2.15 bits per heavy atom. The van der Waals surface area contributed by atoms with Crippen LogP contribution >= 0.6 is 0 Å². The first-order valence-electron chi connectivity index (χ1n) is 6.81. The minimum atomic E-state index is -0.737. The average Bonchev–Trinajstić information content (AvgIpc) is 2.47. The number of nitrogens with one attached hydrogen (secondary N) is 1. The number of likely N-dealkylation sites (tertiary alicyclic amines) is 1. The minimum absolute atomic E-state index is 0.00328. The van der Waals surface area contributed by atoms with E-state index < -0.39 is 5.95 Å². The maximum absolute atomic E-state index is 13.5. The maximum Gasteiger partial charge on any atom is 0.258 e. The Labute approximate surface area is 117 Å². The van der Waals surface area contributed by atoms with Gasteiger partial charge in [0.15, 0.2) is 0 Å². The van der Waals surface area contributed by atoms with Crippen molar-refractivity contribution in [2.45, 2.75) is 32.2 Å². The van der Waals surface area contributed by atoms with E-state index >= 15 is 0 Å².